The predicted octanol–water partition coefficient (Wildman–Crippen LogP) is 2.70. The Labute approximate surface area is 111 Å². The summed E-state index contributed by atoms with van der Waals surface area (Å²) < 4.78 is 0. The van der Waals surface area contributed by atoms with Gasteiger partial charge in [-0.1, -0.05) is 12.1 Å². The highest BCUT2D eigenvalue weighted by atomic mass is 14.9. The van der Waals surface area contributed by atoms with Gasteiger partial charge in [0.25, 0.3) is 0 Å². The molecule has 1 aromatic carbocycles. The minimum absolute atomic E-state index is 0.887. The van der Waals surface area contributed by atoms with Gasteiger partial charge in [-0.15, -0.1) is 0 Å². The summed E-state index contributed by atoms with van der Waals surface area (Å²) in [6, 6.07) is 4.50. The normalized spacial score (nSPS) is 19.4. The molecule has 2 rings (SSSR count). The van der Waals surface area contributed by atoms with Gasteiger partial charge in [-0.3, -0.25) is 0 Å². The first kappa shape index (κ1) is 13.6. The zero-order valence-electron chi connectivity index (χ0n) is 12.0. The van der Waals surface area contributed by atoms with E-state index < -0.39 is 0 Å². The van der Waals surface area contributed by atoms with E-state index in [0.29, 0.717) is 0 Å². The number of rotatable bonds is 5. The molecule has 1 unspecified atom stereocenters. The van der Waals surface area contributed by atoms with Crippen LogP contribution in [0.3, 0.4) is 0 Å². The first-order valence-corrected chi connectivity index (χ1v) is 7.15. The van der Waals surface area contributed by atoms with Crippen LogP contribution in [0, 0.1) is 26.7 Å². The van der Waals surface area contributed by atoms with E-state index >= 15 is 0 Å². The second kappa shape index (κ2) is 6.35. The highest BCUT2D eigenvalue weighted by Gasteiger charge is 2.13. The molecule has 1 heterocycles. The van der Waals surface area contributed by atoms with E-state index in [4.69, 9.17) is 0 Å². The highest BCUT2D eigenvalue weighted by molar-refractivity contribution is 5.38. The molecule has 0 saturated carbocycles. The Bertz CT molecular complexity index is 392. The van der Waals surface area contributed by atoms with Crippen molar-refractivity contribution < 1.29 is 0 Å². The average Bonchev–Trinajstić information content (AvgIpc) is 2.87. The van der Waals surface area contributed by atoms with Crippen molar-refractivity contribution >= 4 is 0 Å². The van der Waals surface area contributed by atoms with Gasteiger partial charge in [0, 0.05) is 6.54 Å². The molecule has 2 nitrogen and oxygen atoms in total. The quantitative estimate of drug-likeness (QED) is 0.781. The van der Waals surface area contributed by atoms with Crippen molar-refractivity contribution in [3.8, 4) is 0 Å². The van der Waals surface area contributed by atoms with Gasteiger partial charge in [-0.25, -0.2) is 0 Å². The third-order valence-electron chi connectivity index (χ3n) is 4.38. The van der Waals surface area contributed by atoms with Crippen molar-refractivity contribution in [3.05, 3.63) is 34.4 Å². The smallest absolute Gasteiger partial charge is 0.0208 e. The highest BCUT2D eigenvalue weighted by Crippen LogP contribution is 2.17. The van der Waals surface area contributed by atoms with E-state index in [-0.39, 0.29) is 0 Å². The van der Waals surface area contributed by atoms with Crippen LogP contribution in [0.15, 0.2) is 12.1 Å². The molecule has 0 amide bonds. The zero-order valence-corrected chi connectivity index (χ0v) is 12.0. The minimum Gasteiger partial charge on any atom is -0.316 e. The third kappa shape index (κ3) is 3.33. The van der Waals surface area contributed by atoms with Gasteiger partial charge >= 0.3 is 0 Å². The van der Waals surface area contributed by atoms with E-state index in [1.54, 1.807) is 0 Å². The molecule has 0 aliphatic carbocycles. The molecule has 0 bridgehead atoms. The molecule has 0 spiro atoms. The second-order valence-corrected chi connectivity index (χ2v) is 5.62. The predicted molar refractivity (Wildman–Crippen MR) is 78.0 cm³/mol. The molecular weight excluding hydrogens is 220 g/mol. The molecule has 1 aliphatic rings. The molecule has 0 radical (unpaired) electrons. The van der Waals surface area contributed by atoms with Gasteiger partial charge in [-0.05, 0) is 81.4 Å². The molecule has 1 saturated heterocycles. The van der Waals surface area contributed by atoms with Crippen molar-refractivity contribution in [1.29, 1.82) is 0 Å². The van der Waals surface area contributed by atoms with Crippen molar-refractivity contribution in [3.63, 3.8) is 0 Å². The Kier molecular flexibility index (Phi) is 4.79. The van der Waals surface area contributed by atoms with Gasteiger partial charge in [0.2, 0.25) is 0 Å². The molecule has 18 heavy (non-hydrogen) atoms. The zero-order chi connectivity index (χ0) is 13.0. The Morgan fingerprint density at radius 3 is 2.78 bits per heavy atom. The molecule has 2 N–H and O–H groups in total. The largest absolute Gasteiger partial charge is 0.316 e. The lowest BCUT2D eigenvalue weighted by molar-refractivity contribution is 0.500. The molecular formula is C16H26N2. The molecule has 1 fully saturated rings. The first-order valence-electron chi connectivity index (χ1n) is 7.15. The van der Waals surface area contributed by atoms with Gasteiger partial charge in [0.15, 0.2) is 0 Å². The van der Waals surface area contributed by atoms with Crippen LogP contribution >= 0.6 is 0 Å². The maximum absolute atomic E-state index is 3.59. The standard InChI is InChI=1S/C16H26N2/c1-12-4-5-16(14(3)13(12)2)11-18-9-7-15-6-8-17-10-15/h4-5,15,17-18H,6-11H2,1-3H3. The fourth-order valence-electron chi connectivity index (χ4n) is 2.69. The molecule has 1 aromatic rings. The summed E-state index contributed by atoms with van der Waals surface area (Å²) in [5.74, 6) is 0.887. The Morgan fingerprint density at radius 2 is 2.06 bits per heavy atom. The molecule has 0 aromatic heterocycles. The Hall–Kier alpha value is -0.860. The van der Waals surface area contributed by atoms with Gasteiger partial charge < -0.3 is 10.6 Å². The topological polar surface area (TPSA) is 24.1 Å². The van der Waals surface area contributed by atoms with Crippen molar-refractivity contribution in [1.82, 2.24) is 10.6 Å². The number of hydrogen-bond donors (Lipinski definition) is 2. The Morgan fingerprint density at radius 1 is 1.22 bits per heavy atom. The summed E-state index contributed by atoms with van der Waals surface area (Å²) in [6.45, 7) is 11.2. The van der Waals surface area contributed by atoms with Crippen LogP contribution < -0.4 is 10.6 Å². The van der Waals surface area contributed by atoms with Crippen LogP contribution in [0.25, 0.3) is 0 Å². The summed E-state index contributed by atoms with van der Waals surface area (Å²) in [5, 5.41) is 7.01. The van der Waals surface area contributed by atoms with Crippen LogP contribution in [0.4, 0.5) is 0 Å². The van der Waals surface area contributed by atoms with E-state index in [9.17, 15) is 0 Å². The summed E-state index contributed by atoms with van der Waals surface area (Å²) in [5.41, 5.74) is 5.73. The van der Waals surface area contributed by atoms with Crippen LogP contribution in [-0.2, 0) is 6.54 Å². The van der Waals surface area contributed by atoms with Gasteiger partial charge in [-0.2, -0.15) is 0 Å². The summed E-state index contributed by atoms with van der Waals surface area (Å²) >= 11 is 0. The van der Waals surface area contributed by atoms with E-state index in [1.807, 2.05) is 0 Å². The summed E-state index contributed by atoms with van der Waals surface area (Å²) in [7, 11) is 0. The van der Waals surface area contributed by atoms with Crippen LogP contribution in [-0.4, -0.2) is 19.6 Å². The maximum Gasteiger partial charge on any atom is 0.0208 e. The van der Waals surface area contributed by atoms with E-state index in [1.165, 1.54) is 48.2 Å². The number of aryl methyl sites for hydroxylation is 1. The Balaban J connectivity index is 1.77. The minimum atomic E-state index is 0.887. The summed E-state index contributed by atoms with van der Waals surface area (Å²) in [4.78, 5) is 0. The number of benzene rings is 1. The lowest BCUT2D eigenvalue weighted by Crippen LogP contribution is -2.19. The van der Waals surface area contributed by atoms with Crippen LogP contribution in [0.1, 0.15) is 35.1 Å². The molecule has 1 aliphatic heterocycles. The average molecular weight is 246 g/mol. The molecule has 100 valence electrons. The van der Waals surface area contributed by atoms with Crippen molar-refractivity contribution in [2.24, 2.45) is 5.92 Å². The van der Waals surface area contributed by atoms with Crippen molar-refractivity contribution in [2.45, 2.75) is 40.2 Å². The lowest BCUT2D eigenvalue weighted by atomic mass is 9.99. The van der Waals surface area contributed by atoms with Crippen LogP contribution in [0.2, 0.25) is 0 Å². The fraction of sp³-hybridized carbons (Fsp3) is 0.625. The maximum atomic E-state index is 3.59. The first-order chi connectivity index (χ1) is 8.68. The van der Waals surface area contributed by atoms with Gasteiger partial charge in [0.1, 0.15) is 0 Å². The fourth-order valence-corrected chi connectivity index (χ4v) is 2.69. The number of hydrogen-bond acceptors (Lipinski definition) is 2. The van der Waals surface area contributed by atoms with Crippen molar-refractivity contribution in [2.75, 3.05) is 19.6 Å². The molecule has 1 atom stereocenters. The molecule has 2 heteroatoms. The van der Waals surface area contributed by atoms with Gasteiger partial charge in [0.05, 0.1) is 0 Å². The summed E-state index contributed by atoms with van der Waals surface area (Å²) in [6.07, 6.45) is 2.65. The number of nitrogens with one attached hydrogen (secondary N) is 2. The van der Waals surface area contributed by atoms with Crippen LogP contribution in [0.5, 0.6) is 0 Å². The van der Waals surface area contributed by atoms with E-state index in [0.717, 1.165) is 19.0 Å². The SMILES string of the molecule is Cc1ccc(CNCCC2CCNC2)c(C)c1C. The third-order valence-corrected chi connectivity index (χ3v) is 4.38. The lowest BCUT2D eigenvalue weighted by Gasteiger charge is -2.13. The second-order valence-electron chi connectivity index (χ2n) is 5.62. The van der Waals surface area contributed by atoms with E-state index in [2.05, 4.69) is 43.5 Å². The monoisotopic (exact) mass is 246 g/mol.